The Balaban J connectivity index is 1.83. The number of amides is 2. The van der Waals surface area contributed by atoms with Crippen LogP contribution in [0.15, 0.2) is 36.4 Å². The van der Waals surface area contributed by atoms with Gasteiger partial charge in [0.25, 0.3) is 5.91 Å². The molecule has 0 bridgehead atoms. The van der Waals surface area contributed by atoms with E-state index in [0.29, 0.717) is 4.88 Å². The molecule has 2 N–H and O–H groups in total. The van der Waals surface area contributed by atoms with E-state index >= 15 is 0 Å². The van der Waals surface area contributed by atoms with Crippen molar-refractivity contribution in [2.45, 2.75) is 13.3 Å². The number of halogens is 3. The molecule has 0 saturated heterocycles. The highest BCUT2D eigenvalue weighted by Crippen LogP contribution is 2.23. The average Bonchev–Trinajstić information content (AvgIpc) is 2.92. The molecule has 1 heterocycles. The largest absolute Gasteiger partial charge is 0.573 e. The van der Waals surface area contributed by atoms with E-state index in [9.17, 15) is 22.8 Å². The summed E-state index contributed by atoms with van der Waals surface area (Å²) in [7, 11) is 0. The Morgan fingerprint density at radius 2 is 1.79 bits per heavy atom. The Labute approximate surface area is 139 Å². The molecular formula is C15H13F3N2O3S. The third-order valence-corrected chi connectivity index (χ3v) is 3.74. The van der Waals surface area contributed by atoms with Crippen LogP contribution in [0.25, 0.3) is 0 Å². The minimum atomic E-state index is -4.77. The number of aryl methyl sites for hydroxylation is 1. The van der Waals surface area contributed by atoms with Gasteiger partial charge in [-0.25, -0.2) is 0 Å². The number of hydrogen-bond donors (Lipinski definition) is 2. The smallest absolute Gasteiger partial charge is 0.406 e. The summed E-state index contributed by atoms with van der Waals surface area (Å²) < 4.78 is 39.8. The SMILES string of the molecule is Cc1ccc(C(=O)NCC(=O)Nc2ccc(OC(F)(F)F)cc2)s1. The maximum atomic E-state index is 12.0. The standard InChI is InChI=1S/C15H13F3N2O3S/c1-9-2-7-12(24-9)14(22)19-8-13(21)20-10-3-5-11(6-4-10)23-15(16,17)18/h2-7H,8H2,1H3,(H,19,22)(H,20,21). The van der Waals surface area contributed by atoms with Crippen molar-refractivity contribution >= 4 is 28.8 Å². The van der Waals surface area contributed by atoms with Crippen LogP contribution in [0.3, 0.4) is 0 Å². The zero-order valence-electron chi connectivity index (χ0n) is 12.4. The Morgan fingerprint density at radius 3 is 2.33 bits per heavy atom. The first-order valence-electron chi connectivity index (χ1n) is 6.73. The van der Waals surface area contributed by atoms with Gasteiger partial charge in [-0.1, -0.05) is 0 Å². The molecule has 0 aliphatic rings. The molecule has 24 heavy (non-hydrogen) atoms. The molecule has 2 rings (SSSR count). The molecule has 9 heteroatoms. The van der Waals surface area contributed by atoms with E-state index in [1.807, 2.05) is 6.92 Å². The molecule has 0 atom stereocenters. The number of alkyl halides is 3. The van der Waals surface area contributed by atoms with Crippen LogP contribution in [0.2, 0.25) is 0 Å². The summed E-state index contributed by atoms with van der Waals surface area (Å²) in [5.74, 6) is -1.25. The van der Waals surface area contributed by atoms with Gasteiger partial charge in [0.15, 0.2) is 0 Å². The highest BCUT2D eigenvalue weighted by Gasteiger charge is 2.30. The second kappa shape index (κ2) is 7.35. The van der Waals surface area contributed by atoms with Gasteiger partial charge in [-0.3, -0.25) is 9.59 Å². The highest BCUT2D eigenvalue weighted by molar-refractivity contribution is 7.13. The fourth-order valence-corrected chi connectivity index (χ4v) is 2.53. The lowest BCUT2D eigenvalue weighted by Crippen LogP contribution is -2.32. The molecule has 1 aromatic carbocycles. The summed E-state index contributed by atoms with van der Waals surface area (Å²) in [4.78, 5) is 25.0. The van der Waals surface area contributed by atoms with Crippen LogP contribution < -0.4 is 15.4 Å². The van der Waals surface area contributed by atoms with Gasteiger partial charge in [-0.05, 0) is 43.3 Å². The van der Waals surface area contributed by atoms with E-state index in [0.717, 1.165) is 17.0 Å². The zero-order valence-corrected chi connectivity index (χ0v) is 13.3. The van der Waals surface area contributed by atoms with Crippen LogP contribution in [-0.2, 0) is 4.79 Å². The van der Waals surface area contributed by atoms with Gasteiger partial charge in [-0.2, -0.15) is 0 Å². The van der Waals surface area contributed by atoms with Crippen molar-refractivity contribution < 1.29 is 27.5 Å². The predicted molar refractivity (Wildman–Crippen MR) is 83.1 cm³/mol. The van der Waals surface area contributed by atoms with Crippen LogP contribution in [0.5, 0.6) is 5.75 Å². The number of carbonyl (C=O) groups excluding carboxylic acids is 2. The minimum Gasteiger partial charge on any atom is -0.406 e. The summed E-state index contributed by atoms with van der Waals surface area (Å²) >= 11 is 1.31. The molecule has 0 unspecified atom stereocenters. The van der Waals surface area contributed by atoms with E-state index in [1.165, 1.54) is 23.5 Å². The fourth-order valence-electron chi connectivity index (χ4n) is 1.75. The second-order valence-corrected chi connectivity index (χ2v) is 6.00. The fraction of sp³-hybridized carbons (Fsp3) is 0.200. The Hall–Kier alpha value is -2.55. The van der Waals surface area contributed by atoms with Gasteiger partial charge in [0, 0.05) is 10.6 Å². The molecule has 0 radical (unpaired) electrons. The first-order valence-corrected chi connectivity index (χ1v) is 7.55. The number of anilines is 1. The van der Waals surface area contributed by atoms with Crippen molar-refractivity contribution in [1.29, 1.82) is 0 Å². The third kappa shape index (κ3) is 5.58. The van der Waals surface area contributed by atoms with Gasteiger partial charge in [0.05, 0.1) is 11.4 Å². The Bertz CT molecular complexity index is 726. The molecule has 0 fully saturated rings. The van der Waals surface area contributed by atoms with Gasteiger partial charge < -0.3 is 15.4 Å². The molecule has 0 aliphatic carbocycles. The number of rotatable bonds is 5. The Morgan fingerprint density at radius 1 is 1.12 bits per heavy atom. The topological polar surface area (TPSA) is 67.4 Å². The van der Waals surface area contributed by atoms with Crippen molar-refractivity contribution in [3.8, 4) is 5.75 Å². The number of nitrogens with one attached hydrogen (secondary N) is 2. The minimum absolute atomic E-state index is 0.253. The summed E-state index contributed by atoms with van der Waals surface area (Å²) in [5, 5.41) is 4.92. The third-order valence-electron chi connectivity index (χ3n) is 2.75. The molecule has 2 amide bonds. The van der Waals surface area contributed by atoms with E-state index in [-0.39, 0.29) is 23.9 Å². The lowest BCUT2D eigenvalue weighted by atomic mass is 10.3. The van der Waals surface area contributed by atoms with Gasteiger partial charge in [-0.15, -0.1) is 24.5 Å². The number of thiophene rings is 1. The summed E-state index contributed by atoms with van der Waals surface area (Å²) in [6, 6.07) is 8.15. The van der Waals surface area contributed by atoms with Crippen molar-refractivity contribution in [3.63, 3.8) is 0 Å². The number of carbonyl (C=O) groups is 2. The van der Waals surface area contributed by atoms with Gasteiger partial charge >= 0.3 is 6.36 Å². The summed E-state index contributed by atoms with van der Waals surface area (Å²) in [6.45, 7) is 1.61. The van der Waals surface area contributed by atoms with Crippen LogP contribution in [-0.4, -0.2) is 24.7 Å². The maximum absolute atomic E-state index is 12.0. The van der Waals surface area contributed by atoms with E-state index in [4.69, 9.17) is 0 Å². The van der Waals surface area contributed by atoms with Gasteiger partial charge in [0.1, 0.15) is 5.75 Å². The Kier molecular flexibility index (Phi) is 5.45. The summed E-state index contributed by atoms with van der Waals surface area (Å²) in [5.41, 5.74) is 0.288. The zero-order chi connectivity index (χ0) is 17.7. The predicted octanol–water partition coefficient (Wildman–Crippen LogP) is 3.32. The lowest BCUT2D eigenvalue weighted by molar-refractivity contribution is -0.274. The monoisotopic (exact) mass is 358 g/mol. The number of benzene rings is 1. The van der Waals surface area contributed by atoms with Crippen molar-refractivity contribution in [2.75, 3.05) is 11.9 Å². The molecule has 0 saturated carbocycles. The maximum Gasteiger partial charge on any atom is 0.573 e. The molecule has 2 aromatic rings. The normalized spacial score (nSPS) is 11.0. The van der Waals surface area contributed by atoms with E-state index in [2.05, 4.69) is 15.4 Å². The van der Waals surface area contributed by atoms with Crippen molar-refractivity contribution in [2.24, 2.45) is 0 Å². The van der Waals surface area contributed by atoms with Crippen LogP contribution in [0.1, 0.15) is 14.5 Å². The number of hydrogen-bond acceptors (Lipinski definition) is 4. The van der Waals surface area contributed by atoms with Gasteiger partial charge in [0.2, 0.25) is 5.91 Å². The van der Waals surface area contributed by atoms with Crippen molar-refractivity contribution in [3.05, 3.63) is 46.2 Å². The first-order chi connectivity index (χ1) is 11.2. The molecule has 5 nitrogen and oxygen atoms in total. The van der Waals surface area contributed by atoms with E-state index < -0.39 is 12.3 Å². The quantitative estimate of drug-likeness (QED) is 0.862. The van der Waals surface area contributed by atoms with Crippen LogP contribution in [0, 0.1) is 6.92 Å². The highest BCUT2D eigenvalue weighted by atomic mass is 32.1. The first kappa shape index (κ1) is 17.8. The molecular weight excluding hydrogens is 345 g/mol. The molecule has 128 valence electrons. The van der Waals surface area contributed by atoms with E-state index in [1.54, 1.807) is 12.1 Å². The second-order valence-electron chi connectivity index (χ2n) is 4.71. The molecule has 0 spiro atoms. The molecule has 0 aliphatic heterocycles. The lowest BCUT2D eigenvalue weighted by Gasteiger charge is -2.10. The van der Waals surface area contributed by atoms with Crippen LogP contribution in [0.4, 0.5) is 18.9 Å². The molecule has 1 aromatic heterocycles. The van der Waals surface area contributed by atoms with Crippen LogP contribution >= 0.6 is 11.3 Å². The summed E-state index contributed by atoms with van der Waals surface area (Å²) in [6.07, 6.45) is -4.77. The number of ether oxygens (including phenoxy) is 1. The van der Waals surface area contributed by atoms with Crippen molar-refractivity contribution in [1.82, 2.24) is 5.32 Å². The average molecular weight is 358 g/mol.